The highest BCUT2D eigenvalue weighted by Gasteiger charge is 2.34. The van der Waals surface area contributed by atoms with Gasteiger partial charge in [0.15, 0.2) is 0 Å². The van der Waals surface area contributed by atoms with Crippen LogP contribution in [-0.2, 0) is 6.18 Å². The third-order valence-corrected chi connectivity index (χ3v) is 1.81. The van der Waals surface area contributed by atoms with Crippen LogP contribution in [0.4, 0.5) is 28.9 Å². The largest absolute Gasteiger partial charge is 0.419 e. The molecule has 0 fully saturated rings. The van der Waals surface area contributed by atoms with Crippen molar-refractivity contribution in [3.63, 3.8) is 0 Å². The Hall–Kier alpha value is -1.46. The SMILES string of the molecule is CCNc1cc(F)c(C(F)(F)F)cc1N. The lowest BCUT2D eigenvalue weighted by Crippen LogP contribution is -2.11. The molecule has 3 N–H and O–H groups in total. The van der Waals surface area contributed by atoms with Gasteiger partial charge >= 0.3 is 6.18 Å². The lowest BCUT2D eigenvalue weighted by molar-refractivity contribution is -0.139. The maximum Gasteiger partial charge on any atom is 0.419 e. The number of alkyl halides is 3. The van der Waals surface area contributed by atoms with Crippen LogP contribution >= 0.6 is 0 Å². The van der Waals surface area contributed by atoms with Gasteiger partial charge in [-0.3, -0.25) is 0 Å². The third-order valence-electron chi connectivity index (χ3n) is 1.81. The Balaban J connectivity index is 3.20. The molecule has 0 radical (unpaired) electrons. The van der Waals surface area contributed by atoms with Crippen molar-refractivity contribution in [1.82, 2.24) is 0 Å². The van der Waals surface area contributed by atoms with Crippen LogP contribution in [0.1, 0.15) is 12.5 Å². The zero-order valence-corrected chi connectivity index (χ0v) is 7.95. The summed E-state index contributed by atoms with van der Waals surface area (Å²) in [6, 6.07) is 1.34. The number of nitrogens with one attached hydrogen (secondary N) is 1. The van der Waals surface area contributed by atoms with Crippen LogP contribution < -0.4 is 11.1 Å². The van der Waals surface area contributed by atoms with E-state index in [1.807, 2.05) is 0 Å². The molecular formula is C9H10F4N2. The van der Waals surface area contributed by atoms with Crippen molar-refractivity contribution in [1.29, 1.82) is 0 Å². The Morgan fingerprint density at radius 2 is 1.93 bits per heavy atom. The van der Waals surface area contributed by atoms with Crippen LogP contribution in [0.5, 0.6) is 0 Å². The van der Waals surface area contributed by atoms with Crippen molar-refractivity contribution in [3.8, 4) is 0 Å². The summed E-state index contributed by atoms with van der Waals surface area (Å²) in [5.74, 6) is -1.33. The second-order valence-corrected chi connectivity index (χ2v) is 2.95. The van der Waals surface area contributed by atoms with Crippen molar-refractivity contribution in [2.75, 3.05) is 17.6 Å². The maximum atomic E-state index is 13.0. The summed E-state index contributed by atoms with van der Waals surface area (Å²) in [5.41, 5.74) is 4.05. The van der Waals surface area contributed by atoms with E-state index in [4.69, 9.17) is 5.73 Å². The zero-order valence-electron chi connectivity index (χ0n) is 7.95. The number of hydrogen-bond donors (Lipinski definition) is 2. The number of halogens is 4. The van der Waals surface area contributed by atoms with E-state index in [2.05, 4.69) is 5.32 Å². The quantitative estimate of drug-likeness (QED) is 0.596. The van der Waals surface area contributed by atoms with Crippen molar-refractivity contribution < 1.29 is 17.6 Å². The number of hydrogen-bond acceptors (Lipinski definition) is 2. The molecular weight excluding hydrogens is 212 g/mol. The first kappa shape index (κ1) is 11.6. The second-order valence-electron chi connectivity index (χ2n) is 2.95. The van der Waals surface area contributed by atoms with Crippen molar-refractivity contribution in [3.05, 3.63) is 23.5 Å². The normalized spacial score (nSPS) is 11.5. The monoisotopic (exact) mass is 222 g/mol. The molecule has 0 aliphatic heterocycles. The fraction of sp³-hybridized carbons (Fsp3) is 0.333. The molecule has 2 nitrogen and oxygen atoms in total. The Bertz CT molecular complexity index is 360. The molecule has 1 aromatic carbocycles. The third kappa shape index (κ3) is 2.51. The highest BCUT2D eigenvalue weighted by atomic mass is 19.4. The second kappa shape index (κ2) is 3.96. The highest BCUT2D eigenvalue weighted by Crippen LogP contribution is 2.35. The van der Waals surface area contributed by atoms with Crippen molar-refractivity contribution in [2.45, 2.75) is 13.1 Å². The van der Waals surface area contributed by atoms with E-state index in [1.54, 1.807) is 6.92 Å². The molecule has 0 spiro atoms. The summed E-state index contributed by atoms with van der Waals surface area (Å²) in [7, 11) is 0. The number of anilines is 2. The average molecular weight is 222 g/mol. The molecule has 0 bridgehead atoms. The number of nitrogens with two attached hydrogens (primary N) is 1. The fourth-order valence-electron chi connectivity index (χ4n) is 1.15. The Morgan fingerprint density at radius 1 is 1.33 bits per heavy atom. The summed E-state index contributed by atoms with van der Waals surface area (Å²) in [6.45, 7) is 2.18. The first-order valence-electron chi connectivity index (χ1n) is 4.26. The van der Waals surface area contributed by atoms with E-state index in [0.29, 0.717) is 12.6 Å². The summed E-state index contributed by atoms with van der Waals surface area (Å²) in [6.07, 6.45) is -4.72. The number of nitrogen functional groups attached to an aromatic ring is 1. The molecule has 1 rings (SSSR count). The molecule has 0 amide bonds. The standard InChI is InChI=1S/C9H10F4N2/c1-2-15-8-4-6(10)5(3-7(8)14)9(11,12)13/h3-4,15H,2,14H2,1H3. The van der Waals surface area contributed by atoms with Gasteiger partial charge in [0.1, 0.15) is 5.82 Å². The average Bonchev–Trinajstić information content (AvgIpc) is 2.09. The molecule has 15 heavy (non-hydrogen) atoms. The van der Waals surface area contributed by atoms with Gasteiger partial charge in [-0.25, -0.2) is 4.39 Å². The Morgan fingerprint density at radius 3 is 2.40 bits per heavy atom. The van der Waals surface area contributed by atoms with Crippen LogP contribution in [-0.4, -0.2) is 6.54 Å². The topological polar surface area (TPSA) is 38.0 Å². The van der Waals surface area contributed by atoms with Gasteiger partial charge in [0.05, 0.1) is 16.9 Å². The Labute approximate surface area is 84.1 Å². The fourth-order valence-corrected chi connectivity index (χ4v) is 1.15. The van der Waals surface area contributed by atoms with Gasteiger partial charge in [-0.1, -0.05) is 0 Å². The van der Waals surface area contributed by atoms with Gasteiger partial charge in [-0.05, 0) is 19.1 Å². The van der Waals surface area contributed by atoms with Crippen LogP contribution in [0.15, 0.2) is 12.1 Å². The van der Waals surface area contributed by atoms with Gasteiger partial charge in [0.25, 0.3) is 0 Å². The van der Waals surface area contributed by atoms with Crippen LogP contribution in [0.25, 0.3) is 0 Å². The minimum Gasteiger partial charge on any atom is -0.397 e. The zero-order chi connectivity index (χ0) is 11.6. The van der Waals surface area contributed by atoms with E-state index in [-0.39, 0.29) is 11.4 Å². The van der Waals surface area contributed by atoms with E-state index in [1.165, 1.54) is 0 Å². The van der Waals surface area contributed by atoms with Crippen LogP contribution in [0.2, 0.25) is 0 Å². The summed E-state index contributed by atoms with van der Waals surface area (Å²) in [4.78, 5) is 0. The van der Waals surface area contributed by atoms with Gasteiger partial charge in [0, 0.05) is 6.54 Å². The van der Waals surface area contributed by atoms with Gasteiger partial charge in [-0.15, -0.1) is 0 Å². The maximum absolute atomic E-state index is 13.0. The minimum atomic E-state index is -4.72. The molecule has 0 heterocycles. The van der Waals surface area contributed by atoms with Crippen LogP contribution in [0.3, 0.4) is 0 Å². The summed E-state index contributed by atoms with van der Waals surface area (Å²) in [5, 5.41) is 2.66. The van der Waals surface area contributed by atoms with E-state index >= 15 is 0 Å². The molecule has 1 aromatic rings. The molecule has 6 heteroatoms. The van der Waals surface area contributed by atoms with Gasteiger partial charge in [-0.2, -0.15) is 13.2 Å². The molecule has 84 valence electrons. The summed E-state index contributed by atoms with van der Waals surface area (Å²) < 4.78 is 49.7. The first-order valence-corrected chi connectivity index (χ1v) is 4.26. The predicted octanol–water partition coefficient (Wildman–Crippen LogP) is 2.86. The van der Waals surface area contributed by atoms with Crippen molar-refractivity contribution in [2.24, 2.45) is 0 Å². The number of rotatable bonds is 2. The van der Waals surface area contributed by atoms with E-state index < -0.39 is 17.6 Å². The van der Waals surface area contributed by atoms with Gasteiger partial charge < -0.3 is 11.1 Å². The lowest BCUT2D eigenvalue weighted by Gasteiger charge is -2.12. The van der Waals surface area contributed by atoms with E-state index in [9.17, 15) is 17.6 Å². The number of benzene rings is 1. The molecule has 0 unspecified atom stereocenters. The predicted molar refractivity (Wildman–Crippen MR) is 50.0 cm³/mol. The van der Waals surface area contributed by atoms with E-state index in [0.717, 1.165) is 6.07 Å². The van der Waals surface area contributed by atoms with Crippen LogP contribution in [0, 0.1) is 5.82 Å². The van der Waals surface area contributed by atoms with Gasteiger partial charge in [0.2, 0.25) is 0 Å². The minimum absolute atomic E-state index is 0.120. The molecule has 0 aliphatic rings. The lowest BCUT2D eigenvalue weighted by atomic mass is 10.1. The Kier molecular flexibility index (Phi) is 3.06. The molecule has 0 saturated heterocycles. The summed E-state index contributed by atoms with van der Waals surface area (Å²) >= 11 is 0. The molecule has 0 aliphatic carbocycles. The highest BCUT2D eigenvalue weighted by molar-refractivity contribution is 5.67. The molecule has 0 aromatic heterocycles. The van der Waals surface area contributed by atoms with Crippen molar-refractivity contribution >= 4 is 11.4 Å². The molecule has 0 atom stereocenters. The first-order chi connectivity index (χ1) is 6.86. The molecule has 0 saturated carbocycles. The smallest absolute Gasteiger partial charge is 0.397 e.